The summed E-state index contributed by atoms with van der Waals surface area (Å²) in [5.41, 5.74) is 0.743. The summed E-state index contributed by atoms with van der Waals surface area (Å²) in [7, 11) is 6.24. The number of Topliss-reactive ketones (excluding diaryl/α,β-unsaturated/α-hetero) is 1. The van der Waals surface area contributed by atoms with Crippen LogP contribution in [0.4, 0.5) is 0 Å². The molecule has 0 saturated carbocycles. The van der Waals surface area contributed by atoms with E-state index in [-0.39, 0.29) is 5.78 Å². The Morgan fingerprint density at radius 1 is 1.20 bits per heavy atom. The summed E-state index contributed by atoms with van der Waals surface area (Å²) in [4.78, 5) is 11.7. The van der Waals surface area contributed by atoms with Gasteiger partial charge in [0, 0.05) is 10.6 Å². The van der Waals surface area contributed by atoms with Crippen LogP contribution >= 0.6 is 11.6 Å². The van der Waals surface area contributed by atoms with Gasteiger partial charge in [-0.05, 0) is 24.3 Å². The molecule has 1 rings (SSSR count). The minimum absolute atomic E-state index is 0.180. The van der Waals surface area contributed by atoms with Crippen molar-refractivity contribution in [2.75, 3.05) is 27.7 Å². The predicted octanol–water partition coefficient (Wildman–Crippen LogP) is 2.62. The standard InChI is InChI=1S/C12H17ClNO/c1-14(2,3)9-8-12(15)10-4-6-11(13)7-5-10/h4-7H,8-9H2,1-3H3/q+1. The van der Waals surface area contributed by atoms with Crippen LogP contribution in [0.2, 0.25) is 5.02 Å². The Bertz CT molecular complexity index is 338. The molecule has 0 aliphatic carbocycles. The molecule has 0 unspecified atom stereocenters. The van der Waals surface area contributed by atoms with Crippen LogP contribution in [0.15, 0.2) is 24.3 Å². The molecule has 0 aliphatic heterocycles. The van der Waals surface area contributed by atoms with Crippen molar-refractivity contribution in [3.63, 3.8) is 0 Å². The minimum atomic E-state index is 0.180. The van der Waals surface area contributed by atoms with E-state index in [9.17, 15) is 4.79 Å². The van der Waals surface area contributed by atoms with Crippen molar-refractivity contribution in [3.05, 3.63) is 34.9 Å². The third kappa shape index (κ3) is 4.45. The van der Waals surface area contributed by atoms with Gasteiger partial charge in [0.1, 0.15) is 0 Å². The van der Waals surface area contributed by atoms with Crippen molar-refractivity contribution in [2.45, 2.75) is 6.42 Å². The fraction of sp³-hybridized carbons (Fsp3) is 0.417. The molecule has 0 bridgehead atoms. The van der Waals surface area contributed by atoms with Crippen LogP contribution in [0.25, 0.3) is 0 Å². The first-order valence-electron chi connectivity index (χ1n) is 4.98. The van der Waals surface area contributed by atoms with Crippen molar-refractivity contribution in [1.82, 2.24) is 0 Å². The zero-order chi connectivity index (χ0) is 11.5. The van der Waals surface area contributed by atoms with Crippen LogP contribution in [0, 0.1) is 0 Å². The summed E-state index contributed by atoms with van der Waals surface area (Å²) in [5.74, 6) is 0.180. The van der Waals surface area contributed by atoms with E-state index in [0.29, 0.717) is 11.4 Å². The van der Waals surface area contributed by atoms with Crippen molar-refractivity contribution in [2.24, 2.45) is 0 Å². The monoisotopic (exact) mass is 226 g/mol. The van der Waals surface area contributed by atoms with Crippen LogP contribution in [-0.2, 0) is 0 Å². The lowest BCUT2D eigenvalue weighted by Gasteiger charge is -2.23. The Kier molecular flexibility index (Phi) is 3.89. The first-order valence-corrected chi connectivity index (χ1v) is 5.35. The zero-order valence-corrected chi connectivity index (χ0v) is 10.2. The van der Waals surface area contributed by atoms with Gasteiger partial charge in [-0.1, -0.05) is 11.6 Å². The molecular weight excluding hydrogens is 210 g/mol. The molecule has 2 nitrogen and oxygen atoms in total. The molecule has 15 heavy (non-hydrogen) atoms. The number of hydrogen-bond donors (Lipinski definition) is 0. The molecule has 1 aromatic carbocycles. The maximum atomic E-state index is 11.7. The van der Waals surface area contributed by atoms with Gasteiger partial charge in [-0.3, -0.25) is 4.79 Å². The smallest absolute Gasteiger partial charge is 0.168 e. The van der Waals surface area contributed by atoms with Gasteiger partial charge in [0.25, 0.3) is 0 Å². The SMILES string of the molecule is C[N+](C)(C)CCC(=O)c1ccc(Cl)cc1. The number of benzene rings is 1. The van der Waals surface area contributed by atoms with E-state index in [4.69, 9.17) is 11.6 Å². The zero-order valence-electron chi connectivity index (χ0n) is 9.46. The molecule has 0 amide bonds. The number of carbonyl (C=O) groups is 1. The van der Waals surface area contributed by atoms with Gasteiger partial charge < -0.3 is 4.48 Å². The highest BCUT2D eigenvalue weighted by molar-refractivity contribution is 6.30. The number of quaternary nitrogens is 1. The lowest BCUT2D eigenvalue weighted by atomic mass is 10.1. The Morgan fingerprint density at radius 3 is 2.20 bits per heavy atom. The van der Waals surface area contributed by atoms with Crippen molar-refractivity contribution >= 4 is 17.4 Å². The topological polar surface area (TPSA) is 17.1 Å². The average Bonchev–Trinajstić information content (AvgIpc) is 2.14. The third-order valence-electron chi connectivity index (χ3n) is 2.18. The Balaban J connectivity index is 2.58. The summed E-state index contributed by atoms with van der Waals surface area (Å²) in [6.45, 7) is 0.849. The first-order chi connectivity index (χ1) is 6.88. The highest BCUT2D eigenvalue weighted by atomic mass is 35.5. The molecule has 0 atom stereocenters. The molecular formula is C12H17ClNO+. The van der Waals surface area contributed by atoms with E-state index in [1.165, 1.54) is 0 Å². The number of ketones is 1. The molecule has 0 radical (unpaired) electrons. The van der Waals surface area contributed by atoms with E-state index in [2.05, 4.69) is 21.1 Å². The van der Waals surface area contributed by atoms with Gasteiger partial charge in [-0.2, -0.15) is 0 Å². The second-order valence-corrected chi connectivity index (χ2v) is 5.13. The number of hydrogen-bond acceptors (Lipinski definition) is 1. The molecule has 82 valence electrons. The second kappa shape index (κ2) is 4.77. The average molecular weight is 227 g/mol. The molecule has 0 fully saturated rings. The summed E-state index contributed by atoms with van der Waals surface area (Å²) in [5, 5.41) is 0.665. The van der Waals surface area contributed by atoms with Crippen LogP contribution in [0.5, 0.6) is 0 Å². The van der Waals surface area contributed by atoms with Gasteiger partial charge in [0.05, 0.1) is 34.1 Å². The van der Waals surface area contributed by atoms with Crippen LogP contribution < -0.4 is 0 Å². The highest BCUT2D eigenvalue weighted by Crippen LogP contribution is 2.11. The van der Waals surface area contributed by atoms with Gasteiger partial charge in [0.15, 0.2) is 5.78 Å². The normalized spacial score (nSPS) is 11.5. The minimum Gasteiger partial charge on any atom is -0.331 e. The van der Waals surface area contributed by atoms with Gasteiger partial charge in [-0.15, -0.1) is 0 Å². The van der Waals surface area contributed by atoms with Crippen molar-refractivity contribution in [1.29, 1.82) is 0 Å². The lowest BCUT2D eigenvalue weighted by molar-refractivity contribution is -0.869. The molecule has 0 aromatic heterocycles. The molecule has 3 heteroatoms. The Morgan fingerprint density at radius 2 is 1.73 bits per heavy atom. The number of halogens is 1. The summed E-state index contributed by atoms with van der Waals surface area (Å²) < 4.78 is 0.805. The molecule has 0 N–H and O–H groups in total. The second-order valence-electron chi connectivity index (χ2n) is 4.69. The van der Waals surface area contributed by atoms with E-state index < -0.39 is 0 Å². The highest BCUT2D eigenvalue weighted by Gasteiger charge is 2.12. The number of nitrogens with zero attached hydrogens (tertiary/aromatic N) is 1. The van der Waals surface area contributed by atoms with Gasteiger partial charge in [0.2, 0.25) is 0 Å². The summed E-state index contributed by atoms with van der Waals surface area (Å²) in [6.07, 6.45) is 0.575. The summed E-state index contributed by atoms with van der Waals surface area (Å²) in [6, 6.07) is 7.06. The molecule has 1 aromatic rings. The van der Waals surface area contributed by atoms with Crippen LogP contribution in [0.1, 0.15) is 16.8 Å². The van der Waals surface area contributed by atoms with E-state index >= 15 is 0 Å². The van der Waals surface area contributed by atoms with Gasteiger partial charge in [-0.25, -0.2) is 0 Å². The lowest BCUT2D eigenvalue weighted by Crippen LogP contribution is -2.36. The fourth-order valence-electron chi connectivity index (χ4n) is 1.22. The van der Waals surface area contributed by atoms with Crippen LogP contribution in [0.3, 0.4) is 0 Å². The molecule has 0 heterocycles. The maximum Gasteiger partial charge on any atom is 0.168 e. The van der Waals surface area contributed by atoms with E-state index in [0.717, 1.165) is 16.6 Å². The number of carbonyl (C=O) groups excluding carboxylic acids is 1. The number of rotatable bonds is 4. The van der Waals surface area contributed by atoms with Crippen molar-refractivity contribution < 1.29 is 9.28 Å². The predicted molar refractivity (Wildman–Crippen MR) is 63.3 cm³/mol. The van der Waals surface area contributed by atoms with Gasteiger partial charge >= 0.3 is 0 Å². The molecule has 0 aliphatic rings. The molecule has 0 spiro atoms. The summed E-state index contributed by atoms with van der Waals surface area (Å²) >= 11 is 5.75. The fourth-order valence-corrected chi connectivity index (χ4v) is 1.34. The van der Waals surface area contributed by atoms with E-state index in [1.807, 2.05) is 0 Å². The first kappa shape index (κ1) is 12.2. The van der Waals surface area contributed by atoms with Crippen LogP contribution in [-0.4, -0.2) is 38.0 Å². The third-order valence-corrected chi connectivity index (χ3v) is 2.43. The quantitative estimate of drug-likeness (QED) is 0.570. The Hall–Kier alpha value is -0.860. The maximum absolute atomic E-state index is 11.7. The largest absolute Gasteiger partial charge is 0.331 e. The molecule has 0 saturated heterocycles. The Labute approximate surface area is 96.1 Å². The van der Waals surface area contributed by atoms with Crippen molar-refractivity contribution in [3.8, 4) is 0 Å². The van der Waals surface area contributed by atoms with E-state index in [1.54, 1.807) is 24.3 Å².